The third kappa shape index (κ3) is 4.74. The summed E-state index contributed by atoms with van der Waals surface area (Å²) in [7, 11) is 0. The van der Waals surface area contributed by atoms with Gasteiger partial charge in [-0.1, -0.05) is 17.7 Å². The van der Waals surface area contributed by atoms with Crippen LogP contribution in [0.1, 0.15) is 33.9 Å². The van der Waals surface area contributed by atoms with Crippen molar-refractivity contribution in [3.63, 3.8) is 0 Å². The molecule has 0 fully saturated rings. The highest BCUT2D eigenvalue weighted by molar-refractivity contribution is 7.18. The molecule has 3 heterocycles. The van der Waals surface area contributed by atoms with E-state index in [4.69, 9.17) is 4.42 Å². The molecule has 160 valence electrons. The summed E-state index contributed by atoms with van der Waals surface area (Å²) in [5, 5.41) is 3.53. The van der Waals surface area contributed by atoms with Gasteiger partial charge in [0.25, 0.3) is 5.56 Å². The van der Waals surface area contributed by atoms with Crippen LogP contribution in [0.3, 0.4) is 0 Å². The van der Waals surface area contributed by atoms with E-state index in [0.717, 1.165) is 26.5 Å². The van der Waals surface area contributed by atoms with E-state index in [9.17, 15) is 9.59 Å². The maximum Gasteiger partial charge on any atom is 0.259 e. The zero-order valence-corrected chi connectivity index (χ0v) is 18.6. The van der Waals surface area contributed by atoms with Gasteiger partial charge in [-0.2, -0.15) is 0 Å². The first kappa shape index (κ1) is 21.0. The number of nitrogens with one attached hydrogen (secondary N) is 2. The van der Waals surface area contributed by atoms with Crippen molar-refractivity contribution in [3.05, 3.63) is 68.4 Å². The van der Waals surface area contributed by atoms with Gasteiger partial charge in [-0.25, -0.2) is 9.97 Å². The van der Waals surface area contributed by atoms with Crippen LogP contribution in [-0.4, -0.2) is 27.4 Å². The van der Waals surface area contributed by atoms with Crippen LogP contribution in [0, 0.1) is 20.8 Å². The Bertz CT molecular complexity index is 1280. The van der Waals surface area contributed by atoms with Crippen molar-refractivity contribution in [2.45, 2.75) is 40.0 Å². The van der Waals surface area contributed by atoms with Crippen molar-refractivity contribution in [2.75, 3.05) is 6.54 Å². The van der Waals surface area contributed by atoms with Crippen LogP contribution < -0.4 is 10.9 Å². The number of benzene rings is 1. The molecule has 4 aromatic rings. The number of hydrogen-bond donors (Lipinski definition) is 2. The predicted octanol–water partition coefficient (Wildman–Crippen LogP) is 3.86. The molecule has 7 nitrogen and oxygen atoms in total. The van der Waals surface area contributed by atoms with Crippen LogP contribution in [0.5, 0.6) is 0 Å². The van der Waals surface area contributed by atoms with Crippen LogP contribution >= 0.6 is 11.3 Å². The zero-order chi connectivity index (χ0) is 22.0. The average Bonchev–Trinajstić information content (AvgIpc) is 3.32. The lowest BCUT2D eigenvalue weighted by molar-refractivity contribution is -0.121. The number of aromatic nitrogens is 3. The topological polar surface area (TPSA) is 101 Å². The normalized spacial score (nSPS) is 11.2. The molecule has 0 aliphatic heterocycles. The average molecular weight is 437 g/mol. The Morgan fingerprint density at radius 3 is 2.68 bits per heavy atom. The number of aromatic amines is 1. The van der Waals surface area contributed by atoms with E-state index in [1.54, 1.807) is 6.26 Å². The molecule has 0 radical (unpaired) electrons. The number of carbonyl (C=O) groups is 1. The van der Waals surface area contributed by atoms with Gasteiger partial charge < -0.3 is 14.7 Å². The second kappa shape index (κ2) is 8.85. The minimum atomic E-state index is -0.141. The number of hydrogen-bond acceptors (Lipinski definition) is 6. The van der Waals surface area contributed by atoms with Crippen LogP contribution in [0.2, 0.25) is 0 Å². The molecule has 2 N–H and O–H groups in total. The van der Waals surface area contributed by atoms with E-state index < -0.39 is 0 Å². The number of rotatable bonds is 7. The minimum Gasteiger partial charge on any atom is -0.444 e. The molecule has 1 amide bonds. The number of nitrogens with zero attached hydrogens (tertiary/aromatic N) is 2. The van der Waals surface area contributed by atoms with Gasteiger partial charge in [0, 0.05) is 36.2 Å². The minimum absolute atomic E-state index is 0.0939. The summed E-state index contributed by atoms with van der Waals surface area (Å²) in [5.41, 5.74) is 3.72. The van der Waals surface area contributed by atoms with E-state index in [1.807, 2.05) is 45.0 Å². The standard InChI is InChI=1S/C23H24N4O3S/c1-13-4-6-16(7-5-13)22-25-17(12-30-22)10-11-24-19(28)9-8-18-26-21(29)20-14(2)15(3)31-23(20)27-18/h4-7,12H,8-11H2,1-3H3,(H,24,28)(H,26,27,29). The molecule has 0 bridgehead atoms. The maximum atomic E-state index is 12.3. The van der Waals surface area contributed by atoms with Crippen LogP contribution in [-0.2, 0) is 17.6 Å². The van der Waals surface area contributed by atoms with Crippen molar-refractivity contribution in [3.8, 4) is 11.5 Å². The molecule has 31 heavy (non-hydrogen) atoms. The maximum absolute atomic E-state index is 12.3. The number of carbonyl (C=O) groups excluding carboxylic acids is 1. The summed E-state index contributed by atoms with van der Waals surface area (Å²) in [4.78, 5) is 38.1. The van der Waals surface area contributed by atoms with Crippen molar-refractivity contribution >= 4 is 27.5 Å². The Labute approximate surface area is 183 Å². The summed E-state index contributed by atoms with van der Waals surface area (Å²) in [6.45, 7) is 6.40. The van der Waals surface area contributed by atoms with Gasteiger partial charge in [-0.15, -0.1) is 11.3 Å². The molecule has 4 rings (SSSR count). The monoisotopic (exact) mass is 436 g/mol. The third-order valence-corrected chi connectivity index (χ3v) is 6.33. The highest BCUT2D eigenvalue weighted by Gasteiger charge is 2.13. The summed E-state index contributed by atoms with van der Waals surface area (Å²) in [6.07, 6.45) is 2.84. The van der Waals surface area contributed by atoms with Crippen LogP contribution in [0.15, 0.2) is 39.7 Å². The van der Waals surface area contributed by atoms with E-state index in [2.05, 4.69) is 20.3 Å². The quantitative estimate of drug-likeness (QED) is 0.458. The first-order valence-corrected chi connectivity index (χ1v) is 11.0. The SMILES string of the molecule is Cc1ccc(-c2nc(CCNC(=O)CCc3nc4sc(C)c(C)c4c(=O)[nH]3)co2)cc1. The third-order valence-electron chi connectivity index (χ3n) is 5.23. The molecule has 3 aromatic heterocycles. The molecule has 0 saturated heterocycles. The van der Waals surface area contributed by atoms with Crippen molar-refractivity contribution in [2.24, 2.45) is 0 Å². The van der Waals surface area contributed by atoms with Gasteiger partial charge in [-0.05, 0) is 38.5 Å². The summed E-state index contributed by atoms with van der Waals surface area (Å²) < 4.78 is 5.55. The second-order valence-corrected chi connectivity index (χ2v) is 8.79. The van der Waals surface area contributed by atoms with Gasteiger partial charge in [0.2, 0.25) is 11.8 Å². The second-order valence-electron chi connectivity index (χ2n) is 7.59. The largest absolute Gasteiger partial charge is 0.444 e. The molecule has 0 aliphatic carbocycles. The van der Waals surface area contributed by atoms with Crippen molar-refractivity contribution < 1.29 is 9.21 Å². The smallest absolute Gasteiger partial charge is 0.259 e. The van der Waals surface area contributed by atoms with E-state index in [1.165, 1.54) is 16.9 Å². The fourth-order valence-electron chi connectivity index (χ4n) is 3.32. The number of amides is 1. The Morgan fingerprint density at radius 2 is 1.90 bits per heavy atom. The van der Waals surface area contributed by atoms with Crippen LogP contribution in [0.25, 0.3) is 21.7 Å². The number of H-pyrrole nitrogens is 1. The molecule has 0 aliphatic rings. The number of fused-ring (bicyclic) bond motifs is 1. The molecule has 0 saturated carbocycles. The summed E-state index contributed by atoms with van der Waals surface area (Å²) in [6, 6.07) is 7.97. The van der Waals surface area contributed by atoms with Crippen molar-refractivity contribution in [1.82, 2.24) is 20.3 Å². The molecular weight excluding hydrogens is 412 g/mol. The molecule has 0 spiro atoms. The van der Waals surface area contributed by atoms with Gasteiger partial charge in [0.1, 0.15) is 16.9 Å². The molecule has 0 unspecified atom stereocenters. The van der Waals surface area contributed by atoms with Crippen molar-refractivity contribution in [1.29, 1.82) is 0 Å². The number of thiophene rings is 1. The summed E-state index contributed by atoms with van der Waals surface area (Å²) >= 11 is 1.51. The fourth-order valence-corrected chi connectivity index (χ4v) is 4.37. The van der Waals surface area contributed by atoms with Gasteiger partial charge >= 0.3 is 0 Å². The Morgan fingerprint density at radius 1 is 1.13 bits per heavy atom. The molecule has 8 heteroatoms. The predicted molar refractivity (Wildman–Crippen MR) is 121 cm³/mol. The fraction of sp³-hybridized carbons (Fsp3) is 0.304. The Balaban J connectivity index is 1.28. The lowest BCUT2D eigenvalue weighted by atomic mass is 10.1. The lowest BCUT2D eigenvalue weighted by Gasteiger charge is -2.04. The zero-order valence-electron chi connectivity index (χ0n) is 17.7. The van der Waals surface area contributed by atoms with Crippen LogP contribution in [0.4, 0.5) is 0 Å². The first-order chi connectivity index (χ1) is 14.9. The molecule has 1 aromatic carbocycles. The number of oxazole rings is 1. The van der Waals surface area contributed by atoms with E-state index in [0.29, 0.717) is 36.5 Å². The molecule has 0 atom stereocenters. The van der Waals surface area contributed by atoms with E-state index in [-0.39, 0.29) is 17.9 Å². The van der Waals surface area contributed by atoms with Gasteiger partial charge in [0.05, 0.1) is 11.1 Å². The highest BCUT2D eigenvalue weighted by atomic mass is 32.1. The first-order valence-electron chi connectivity index (χ1n) is 10.2. The van der Waals surface area contributed by atoms with Gasteiger partial charge in [0.15, 0.2) is 0 Å². The Hall–Kier alpha value is -3.26. The molecular formula is C23H24N4O3S. The number of aryl methyl sites for hydroxylation is 4. The highest BCUT2D eigenvalue weighted by Crippen LogP contribution is 2.25. The van der Waals surface area contributed by atoms with Gasteiger partial charge in [-0.3, -0.25) is 9.59 Å². The Kier molecular flexibility index (Phi) is 5.99. The summed E-state index contributed by atoms with van der Waals surface area (Å²) in [5.74, 6) is 1.02. The van der Waals surface area contributed by atoms with E-state index >= 15 is 0 Å². The lowest BCUT2D eigenvalue weighted by Crippen LogP contribution is -2.26.